The molecule has 4 N–H and O–H groups in total. The number of hydrogen-bond acceptors (Lipinski definition) is 7. The summed E-state index contributed by atoms with van der Waals surface area (Å²) in [5.74, 6) is 0.281. The van der Waals surface area contributed by atoms with Crippen molar-refractivity contribution in [1.82, 2.24) is 0 Å². The fourth-order valence-corrected chi connectivity index (χ4v) is 3.46. The lowest BCUT2D eigenvalue weighted by atomic mass is 9.87. The summed E-state index contributed by atoms with van der Waals surface area (Å²) in [6.45, 7) is 0. The van der Waals surface area contributed by atoms with Gasteiger partial charge in [0.25, 0.3) is 5.69 Å². The van der Waals surface area contributed by atoms with E-state index in [-0.39, 0.29) is 17.6 Å². The van der Waals surface area contributed by atoms with Gasteiger partial charge in [0.2, 0.25) is 11.9 Å². The SMILES string of the molecule is NC1=NC2(CCCCC2)N(c2cc([N+](=O)[O-])ccc2Cl)C(N)=N1. The lowest BCUT2D eigenvalue weighted by Crippen LogP contribution is -2.58. The Hall–Kier alpha value is -2.35. The fraction of sp³-hybridized carbons (Fsp3) is 0.429. The predicted molar refractivity (Wildman–Crippen MR) is 89.6 cm³/mol. The van der Waals surface area contributed by atoms with Gasteiger partial charge in [0.05, 0.1) is 15.6 Å². The van der Waals surface area contributed by atoms with E-state index in [0.29, 0.717) is 10.7 Å². The summed E-state index contributed by atoms with van der Waals surface area (Å²) >= 11 is 6.28. The van der Waals surface area contributed by atoms with E-state index in [1.165, 1.54) is 18.2 Å². The molecule has 23 heavy (non-hydrogen) atoms. The number of halogens is 1. The molecule has 1 aromatic carbocycles. The van der Waals surface area contributed by atoms with Crippen molar-refractivity contribution in [3.05, 3.63) is 33.3 Å². The van der Waals surface area contributed by atoms with Crippen LogP contribution in [0.25, 0.3) is 0 Å². The molecule has 2 aliphatic rings. The summed E-state index contributed by atoms with van der Waals surface area (Å²) in [7, 11) is 0. The van der Waals surface area contributed by atoms with Crippen molar-refractivity contribution in [1.29, 1.82) is 0 Å². The van der Waals surface area contributed by atoms with Crippen molar-refractivity contribution in [3.8, 4) is 0 Å². The first kappa shape index (κ1) is 15.5. The standard InChI is InChI=1S/C14H17ClN6O2/c15-10-5-4-9(21(22)23)8-11(10)20-13(17)18-12(16)19-14(20)6-2-1-3-7-14/h4-5,8H,1-3,6-7H2,(H4,16,17,18,19). The number of hydrogen-bond donors (Lipinski definition) is 2. The van der Waals surface area contributed by atoms with Crippen molar-refractivity contribution in [2.45, 2.75) is 37.8 Å². The van der Waals surface area contributed by atoms with Crippen LogP contribution in [0.4, 0.5) is 11.4 Å². The molecule has 0 aromatic heterocycles. The van der Waals surface area contributed by atoms with Gasteiger partial charge in [-0.25, -0.2) is 4.99 Å². The first-order valence-electron chi connectivity index (χ1n) is 7.37. The molecular weight excluding hydrogens is 320 g/mol. The molecule has 0 saturated heterocycles. The first-order valence-corrected chi connectivity index (χ1v) is 7.74. The Bertz CT molecular complexity index is 711. The van der Waals surface area contributed by atoms with Crippen LogP contribution in [-0.2, 0) is 0 Å². The van der Waals surface area contributed by atoms with Crippen molar-refractivity contribution < 1.29 is 4.92 Å². The Kier molecular flexibility index (Phi) is 3.85. The van der Waals surface area contributed by atoms with E-state index in [1.54, 1.807) is 4.90 Å². The number of nitro benzene ring substituents is 1. The monoisotopic (exact) mass is 336 g/mol. The summed E-state index contributed by atoms with van der Waals surface area (Å²) in [4.78, 5) is 20.9. The second kappa shape index (κ2) is 5.69. The van der Waals surface area contributed by atoms with Gasteiger partial charge >= 0.3 is 0 Å². The summed E-state index contributed by atoms with van der Waals surface area (Å²) in [5.41, 5.74) is 11.6. The minimum absolute atomic E-state index is 0.0642. The summed E-state index contributed by atoms with van der Waals surface area (Å²) in [6, 6.07) is 4.24. The van der Waals surface area contributed by atoms with Crippen LogP contribution in [0, 0.1) is 10.1 Å². The van der Waals surface area contributed by atoms with Gasteiger partial charge in [0.1, 0.15) is 5.66 Å². The van der Waals surface area contributed by atoms with Crippen LogP contribution < -0.4 is 16.4 Å². The van der Waals surface area contributed by atoms with Crippen LogP contribution in [0.15, 0.2) is 28.2 Å². The van der Waals surface area contributed by atoms with Gasteiger partial charge in [-0.05, 0) is 31.7 Å². The van der Waals surface area contributed by atoms with Gasteiger partial charge in [-0.2, -0.15) is 4.99 Å². The molecule has 0 unspecified atom stereocenters. The highest BCUT2D eigenvalue weighted by atomic mass is 35.5. The van der Waals surface area contributed by atoms with Gasteiger partial charge in [0.15, 0.2) is 0 Å². The molecule has 1 spiro atoms. The zero-order valence-electron chi connectivity index (χ0n) is 12.4. The van der Waals surface area contributed by atoms with Crippen molar-refractivity contribution in [2.24, 2.45) is 21.5 Å². The molecule has 3 rings (SSSR count). The molecule has 9 heteroatoms. The van der Waals surface area contributed by atoms with Crippen LogP contribution in [-0.4, -0.2) is 22.5 Å². The van der Waals surface area contributed by atoms with E-state index in [4.69, 9.17) is 23.1 Å². The van der Waals surface area contributed by atoms with E-state index in [0.717, 1.165) is 32.1 Å². The van der Waals surface area contributed by atoms with E-state index < -0.39 is 10.6 Å². The predicted octanol–water partition coefficient (Wildman–Crippen LogP) is 2.36. The summed E-state index contributed by atoms with van der Waals surface area (Å²) in [6.07, 6.45) is 4.51. The molecule has 8 nitrogen and oxygen atoms in total. The summed E-state index contributed by atoms with van der Waals surface area (Å²) in [5, 5.41) is 11.4. The lowest BCUT2D eigenvalue weighted by molar-refractivity contribution is -0.384. The Morgan fingerprint density at radius 2 is 1.96 bits per heavy atom. The Morgan fingerprint density at radius 3 is 2.61 bits per heavy atom. The van der Waals surface area contributed by atoms with Crippen LogP contribution in [0.3, 0.4) is 0 Å². The zero-order valence-corrected chi connectivity index (χ0v) is 13.2. The molecule has 1 saturated carbocycles. The number of benzene rings is 1. The third kappa shape index (κ3) is 2.70. The highest BCUT2D eigenvalue weighted by Crippen LogP contribution is 2.42. The topological polar surface area (TPSA) is 123 Å². The highest BCUT2D eigenvalue weighted by Gasteiger charge is 2.43. The van der Waals surface area contributed by atoms with E-state index in [2.05, 4.69) is 9.98 Å². The third-order valence-electron chi connectivity index (χ3n) is 4.23. The number of non-ortho nitro benzene ring substituents is 1. The second-order valence-electron chi connectivity index (χ2n) is 5.71. The number of rotatable bonds is 2. The number of anilines is 1. The molecule has 1 aromatic rings. The maximum atomic E-state index is 11.1. The van der Waals surface area contributed by atoms with Crippen molar-refractivity contribution in [2.75, 3.05) is 4.90 Å². The minimum Gasteiger partial charge on any atom is -0.369 e. The molecule has 0 bridgehead atoms. The number of nitrogens with two attached hydrogens (primary N) is 2. The van der Waals surface area contributed by atoms with Crippen LogP contribution in [0.2, 0.25) is 5.02 Å². The Morgan fingerprint density at radius 1 is 1.26 bits per heavy atom. The summed E-state index contributed by atoms with van der Waals surface area (Å²) < 4.78 is 0. The average Bonchev–Trinajstić information content (AvgIpc) is 2.48. The molecular formula is C14H17ClN6O2. The molecule has 122 valence electrons. The van der Waals surface area contributed by atoms with Gasteiger partial charge in [-0.15, -0.1) is 0 Å². The lowest BCUT2D eigenvalue weighted by Gasteiger charge is -2.45. The number of nitro groups is 1. The third-order valence-corrected chi connectivity index (χ3v) is 4.55. The number of nitrogens with zero attached hydrogens (tertiary/aromatic N) is 4. The van der Waals surface area contributed by atoms with Gasteiger partial charge < -0.3 is 11.5 Å². The second-order valence-corrected chi connectivity index (χ2v) is 6.12. The molecule has 1 heterocycles. The molecule has 1 fully saturated rings. The van der Waals surface area contributed by atoms with E-state index >= 15 is 0 Å². The highest BCUT2D eigenvalue weighted by molar-refractivity contribution is 6.34. The van der Waals surface area contributed by atoms with Crippen LogP contribution in [0.1, 0.15) is 32.1 Å². The largest absolute Gasteiger partial charge is 0.369 e. The molecule has 0 radical (unpaired) electrons. The van der Waals surface area contributed by atoms with Crippen molar-refractivity contribution in [3.63, 3.8) is 0 Å². The smallest absolute Gasteiger partial charge is 0.271 e. The average molecular weight is 337 g/mol. The first-order chi connectivity index (χ1) is 10.9. The molecule has 0 amide bonds. The molecule has 1 aliphatic carbocycles. The molecule has 1 aliphatic heterocycles. The zero-order chi connectivity index (χ0) is 16.6. The fourth-order valence-electron chi connectivity index (χ4n) is 3.26. The van der Waals surface area contributed by atoms with Crippen molar-refractivity contribution >= 4 is 34.9 Å². The minimum atomic E-state index is -0.674. The maximum absolute atomic E-state index is 11.1. The quantitative estimate of drug-likeness (QED) is 0.633. The normalized spacial score (nSPS) is 20.1. The van der Waals surface area contributed by atoms with Gasteiger partial charge in [-0.3, -0.25) is 15.0 Å². The number of guanidine groups is 2. The van der Waals surface area contributed by atoms with Crippen LogP contribution in [0.5, 0.6) is 0 Å². The number of aliphatic imine (C=N–C) groups is 2. The van der Waals surface area contributed by atoms with Gasteiger partial charge in [-0.1, -0.05) is 18.0 Å². The molecule has 0 atom stereocenters. The maximum Gasteiger partial charge on any atom is 0.271 e. The van der Waals surface area contributed by atoms with Crippen LogP contribution >= 0.6 is 11.6 Å². The Labute approximate surface area is 138 Å². The van der Waals surface area contributed by atoms with E-state index in [1.807, 2.05) is 0 Å². The Balaban J connectivity index is 2.14. The van der Waals surface area contributed by atoms with E-state index in [9.17, 15) is 10.1 Å². The van der Waals surface area contributed by atoms with Gasteiger partial charge in [0, 0.05) is 12.1 Å².